The highest BCUT2D eigenvalue weighted by Gasteiger charge is 2.35. The van der Waals surface area contributed by atoms with Gasteiger partial charge >= 0.3 is 0 Å². The van der Waals surface area contributed by atoms with Crippen LogP contribution in [0.15, 0.2) is 54.6 Å². The van der Waals surface area contributed by atoms with Crippen molar-refractivity contribution in [2.75, 3.05) is 37.7 Å². The topological polar surface area (TPSA) is 23.6 Å². The maximum atomic E-state index is 14.2. The number of carbonyl (C=O) groups excluding carboxylic acids is 1. The van der Waals surface area contributed by atoms with Gasteiger partial charge in [0.1, 0.15) is 5.82 Å². The molecule has 2 aliphatic heterocycles. The predicted molar refractivity (Wildman–Crippen MR) is 113 cm³/mol. The number of carbonyl (C=O) groups is 1. The molecular weight excluding hydrogens is 371 g/mol. The fourth-order valence-corrected chi connectivity index (χ4v) is 5.28. The van der Waals surface area contributed by atoms with Crippen LogP contribution in [0.1, 0.15) is 23.5 Å². The zero-order valence-electron chi connectivity index (χ0n) is 16.1. The molecule has 2 atom stereocenters. The summed E-state index contributed by atoms with van der Waals surface area (Å²) >= 11 is 1.92. The minimum absolute atomic E-state index is 0.0196. The predicted octanol–water partition coefficient (Wildman–Crippen LogP) is 4.01. The van der Waals surface area contributed by atoms with Crippen LogP contribution in [-0.2, 0) is 11.3 Å². The lowest BCUT2D eigenvalue weighted by molar-refractivity contribution is -0.137. The average molecular weight is 399 g/mol. The number of amides is 1. The quantitative estimate of drug-likeness (QED) is 0.778. The van der Waals surface area contributed by atoms with E-state index in [1.165, 1.54) is 11.6 Å². The number of benzene rings is 2. The minimum Gasteiger partial charge on any atom is -0.341 e. The zero-order valence-corrected chi connectivity index (χ0v) is 16.9. The molecule has 4 rings (SSSR count). The molecule has 0 bridgehead atoms. The van der Waals surface area contributed by atoms with Crippen molar-refractivity contribution >= 4 is 17.7 Å². The van der Waals surface area contributed by atoms with Crippen LogP contribution < -0.4 is 0 Å². The number of piperidine rings is 1. The van der Waals surface area contributed by atoms with Gasteiger partial charge in [-0.2, -0.15) is 11.8 Å². The fraction of sp³-hybridized carbons (Fsp3) is 0.435. The highest BCUT2D eigenvalue weighted by Crippen LogP contribution is 2.32. The van der Waals surface area contributed by atoms with Crippen molar-refractivity contribution in [1.82, 2.24) is 9.80 Å². The van der Waals surface area contributed by atoms with Crippen LogP contribution in [0.5, 0.6) is 0 Å². The largest absolute Gasteiger partial charge is 0.341 e. The van der Waals surface area contributed by atoms with E-state index in [1.807, 2.05) is 34.9 Å². The van der Waals surface area contributed by atoms with E-state index in [9.17, 15) is 9.18 Å². The Balaban J connectivity index is 1.54. The summed E-state index contributed by atoms with van der Waals surface area (Å²) < 4.78 is 14.2. The molecule has 2 fully saturated rings. The van der Waals surface area contributed by atoms with Crippen LogP contribution >= 0.6 is 11.8 Å². The first-order chi connectivity index (χ1) is 13.7. The summed E-state index contributed by atoms with van der Waals surface area (Å²) in [4.78, 5) is 17.5. The summed E-state index contributed by atoms with van der Waals surface area (Å²) in [6.07, 6.45) is 0.875. The van der Waals surface area contributed by atoms with E-state index in [0.717, 1.165) is 37.6 Å². The number of hydrogen-bond donors (Lipinski definition) is 0. The maximum absolute atomic E-state index is 14.2. The van der Waals surface area contributed by atoms with Gasteiger partial charge in [-0.25, -0.2) is 4.39 Å². The Labute approximate surface area is 170 Å². The first-order valence-corrected chi connectivity index (χ1v) is 11.2. The third-order valence-electron chi connectivity index (χ3n) is 5.82. The Morgan fingerprint density at radius 2 is 1.71 bits per heavy atom. The second-order valence-electron chi connectivity index (χ2n) is 7.76. The number of rotatable bonds is 4. The smallest absolute Gasteiger partial charge is 0.227 e. The summed E-state index contributed by atoms with van der Waals surface area (Å²) in [5, 5.41) is 0. The van der Waals surface area contributed by atoms with E-state index < -0.39 is 0 Å². The van der Waals surface area contributed by atoms with Crippen molar-refractivity contribution in [3.8, 4) is 0 Å². The van der Waals surface area contributed by atoms with Gasteiger partial charge < -0.3 is 4.90 Å². The van der Waals surface area contributed by atoms with Crippen molar-refractivity contribution in [1.29, 1.82) is 0 Å². The van der Waals surface area contributed by atoms with Crippen molar-refractivity contribution in [2.24, 2.45) is 5.92 Å². The molecule has 0 saturated carbocycles. The number of halogens is 1. The lowest BCUT2D eigenvalue weighted by Crippen LogP contribution is -2.48. The molecule has 0 aliphatic carbocycles. The average Bonchev–Trinajstić information content (AvgIpc) is 2.76. The van der Waals surface area contributed by atoms with Crippen molar-refractivity contribution in [3.05, 3.63) is 71.5 Å². The molecule has 3 nitrogen and oxygen atoms in total. The Kier molecular flexibility index (Phi) is 6.33. The summed E-state index contributed by atoms with van der Waals surface area (Å²) in [5.74, 6) is 2.45. The number of likely N-dealkylation sites (tertiary alicyclic amines) is 1. The lowest BCUT2D eigenvalue weighted by Gasteiger charge is -2.40. The molecule has 2 aromatic carbocycles. The van der Waals surface area contributed by atoms with Crippen LogP contribution in [0.4, 0.5) is 4.39 Å². The van der Waals surface area contributed by atoms with Crippen LogP contribution in [-0.4, -0.2) is 53.4 Å². The molecule has 0 radical (unpaired) electrons. The highest BCUT2D eigenvalue weighted by molar-refractivity contribution is 7.99. The van der Waals surface area contributed by atoms with E-state index in [4.69, 9.17) is 0 Å². The molecule has 2 heterocycles. The third kappa shape index (κ3) is 4.58. The molecule has 2 aliphatic rings. The zero-order chi connectivity index (χ0) is 19.3. The molecule has 0 N–H and O–H groups in total. The molecular formula is C23H27FN2OS. The van der Waals surface area contributed by atoms with Gasteiger partial charge in [0.2, 0.25) is 5.91 Å². The van der Waals surface area contributed by atoms with Gasteiger partial charge in [0, 0.05) is 49.8 Å². The third-order valence-corrected chi connectivity index (χ3v) is 6.76. The van der Waals surface area contributed by atoms with E-state index in [0.29, 0.717) is 24.6 Å². The summed E-state index contributed by atoms with van der Waals surface area (Å²) in [5.41, 5.74) is 1.98. The van der Waals surface area contributed by atoms with Crippen molar-refractivity contribution in [3.63, 3.8) is 0 Å². The van der Waals surface area contributed by atoms with Crippen LogP contribution in [0, 0.1) is 11.7 Å². The number of hydrogen-bond acceptors (Lipinski definition) is 3. The van der Waals surface area contributed by atoms with Crippen LogP contribution in [0.2, 0.25) is 0 Å². The molecule has 0 spiro atoms. The molecule has 2 saturated heterocycles. The van der Waals surface area contributed by atoms with Crippen molar-refractivity contribution in [2.45, 2.75) is 18.9 Å². The van der Waals surface area contributed by atoms with E-state index in [2.05, 4.69) is 29.2 Å². The molecule has 2 unspecified atom stereocenters. The standard InChI is InChI=1S/C23H27FN2OS/c24-22-9-5-4-8-19(22)15-25-16-20(18-6-2-1-3-7-18)14-21(17-25)23(27)26-10-12-28-13-11-26/h1-9,20-21H,10-17H2. The van der Waals surface area contributed by atoms with E-state index in [1.54, 1.807) is 6.07 Å². The SMILES string of the molecule is O=C(C1CC(c2ccccc2)CN(Cc2ccccc2F)C1)N1CCSCC1. The summed E-state index contributed by atoms with van der Waals surface area (Å²) in [6.45, 7) is 3.82. The monoisotopic (exact) mass is 398 g/mol. The lowest BCUT2D eigenvalue weighted by atomic mass is 9.83. The van der Waals surface area contributed by atoms with Gasteiger partial charge in [0.05, 0.1) is 5.92 Å². The molecule has 148 valence electrons. The van der Waals surface area contributed by atoms with Crippen LogP contribution in [0.3, 0.4) is 0 Å². The number of nitrogens with zero attached hydrogens (tertiary/aromatic N) is 2. The number of thioether (sulfide) groups is 1. The fourth-order valence-electron chi connectivity index (χ4n) is 4.37. The van der Waals surface area contributed by atoms with Crippen LogP contribution in [0.25, 0.3) is 0 Å². The second kappa shape index (κ2) is 9.10. The molecule has 1 amide bonds. The molecule has 28 heavy (non-hydrogen) atoms. The van der Waals surface area contributed by atoms with Gasteiger partial charge in [0.25, 0.3) is 0 Å². The molecule has 0 aromatic heterocycles. The maximum Gasteiger partial charge on any atom is 0.227 e. The highest BCUT2D eigenvalue weighted by atomic mass is 32.2. The van der Waals surface area contributed by atoms with Gasteiger partial charge in [-0.05, 0) is 24.0 Å². The van der Waals surface area contributed by atoms with Gasteiger partial charge in [-0.15, -0.1) is 0 Å². The van der Waals surface area contributed by atoms with E-state index in [-0.39, 0.29) is 17.6 Å². The Morgan fingerprint density at radius 3 is 2.46 bits per heavy atom. The second-order valence-corrected chi connectivity index (χ2v) is 8.99. The molecule has 5 heteroatoms. The summed E-state index contributed by atoms with van der Waals surface area (Å²) in [6, 6.07) is 17.4. The minimum atomic E-state index is -0.166. The van der Waals surface area contributed by atoms with Gasteiger partial charge in [-0.1, -0.05) is 48.5 Å². The van der Waals surface area contributed by atoms with Crippen molar-refractivity contribution < 1.29 is 9.18 Å². The molecule has 2 aromatic rings. The van der Waals surface area contributed by atoms with Gasteiger partial charge in [-0.3, -0.25) is 9.69 Å². The van der Waals surface area contributed by atoms with E-state index >= 15 is 0 Å². The first kappa shape index (κ1) is 19.5. The summed E-state index contributed by atoms with van der Waals surface area (Å²) in [7, 11) is 0. The first-order valence-electron chi connectivity index (χ1n) is 10.1. The Bertz CT molecular complexity index is 794. The Morgan fingerprint density at radius 1 is 1.00 bits per heavy atom. The van der Waals surface area contributed by atoms with Gasteiger partial charge in [0.15, 0.2) is 0 Å². The Hall–Kier alpha value is -1.85. The normalized spacial score (nSPS) is 23.5.